The molecule has 0 aromatic rings. The normalized spacial score (nSPS) is 20.1. The Morgan fingerprint density at radius 1 is 1.14 bits per heavy atom. The van der Waals surface area contributed by atoms with Crippen molar-refractivity contribution in [1.29, 1.82) is 0 Å². The summed E-state index contributed by atoms with van der Waals surface area (Å²) in [5.74, 6) is 0. The molecule has 1 N–H and O–H groups in total. The van der Waals surface area contributed by atoms with Gasteiger partial charge in [-0.3, -0.25) is 9.80 Å². The van der Waals surface area contributed by atoms with Crippen LogP contribution in [-0.2, 0) is 4.74 Å². The first-order valence-corrected chi connectivity index (χ1v) is 5.54. The van der Waals surface area contributed by atoms with Crippen molar-refractivity contribution in [3.8, 4) is 0 Å². The topological polar surface area (TPSA) is 27.7 Å². The lowest BCUT2D eigenvalue weighted by Crippen LogP contribution is -2.48. The third kappa shape index (κ3) is 4.37. The lowest BCUT2D eigenvalue weighted by atomic mass is 10.3. The molecule has 0 bridgehead atoms. The maximum atomic E-state index is 5.38. The van der Waals surface area contributed by atoms with Gasteiger partial charge in [0.1, 0.15) is 0 Å². The van der Waals surface area contributed by atoms with Crippen molar-refractivity contribution >= 4 is 0 Å². The minimum absolute atomic E-state index is 0.802. The van der Waals surface area contributed by atoms with E-state index >= 15 is 0 Å². The van der Waals surface area contributed by atoms with Crippen molar-refractivity contribution in [1.82, 2.24) is 15.1 Å². The first-order valence-electron chi connectivity index (χ1n) is 5.54. The van der Waals surface area contributed by atoms with Crippen molar-refractivity contribution in [2.45, 2.75) is 6.92 Å². The Morgan fingerprint density at radius 3 is 2.36 bits per heavy atom. The summed E-state index contributed by atoms with van der Waals surface area (Å²) in [4.78, 5) is 4.87. The van der Waals surface area contributed by atoms with Crippen LogP contribution in [0.3, 0.4) is 0 Å². The van der Waals surface area contributed by atoms with Crippen molar-refractivity contribution in [3.63, 3.8) is 0 Å². The quantitative estimate of drug-likeness (QED) is 0.645. The molecule has 4 nitrogen and oxygen atoms in total. The fourth-order valence-electron chi connectivity index (χ4n) is 1.63. The highest BCUT2D eigenvalue weighted by Crippen LogP contribution is 2.00. The Balaban J connectivity index is 2.05. The number of hydrogen-bond acceptors (Lipinski definition) is 4. The number of ether oxygens (including phenoxy) is 1. The second-order valence-electron chi connectivity index (χ2n) is 3.69. The van der Waals surface area contributed by atoms with Gasteiger partial charge in [-0.1, -0.05) is 0 Å². The molecule has 0 aromatic heterocycles. The molecule has 1 saturated heterocycles. The Hall–Kier alpha value is -0.160. The summed E-state index contributed by atoms with van der Waals surface area (Å²) in [7, 11) is 2.01. The number of hydrogen-bond donors (Lipinski definition) is 1. The van der Waals surface area contributed by atoms with Gasteiger partial charge in [0.25, 0.3) is 0 Å². The molecule has 0 spiro atoms. The summed E-state index contributed by atoms with van der Waals surface area (Å²) in [6.07, 6.45) is 0. The fourth-order valence-corrected chi connectivity index (χ4v) is 1.63. The summed E-state index contributed by atoms with van der Waals surface area (Å²) in [5.41, 5.74) is 0. The first kappa shape index (κ1) is 11.9. The summed E-state index contributed by atoms with van der Waals surface area (Å²) in [6, 6.07) is 0. The van der Waals surface area contributed by atoms with Crippen molar-refractivity contribution in [3.05, 3.63) is 0 Å². The van der Waals surface area contributed by atoms with Crippen LogP contribution in [0, 0.1) is 0 Å². The zero-order valence-corrected chi connectivity index (χ0v) is 9.46. The fraction of sp³-hybridized carbons (Fsp3) is 1.00. The standard InChI is InChI=1S/C10H23N3O/c1-3-14-10-13-8-6-12(7-9-13)5-4-11-2/h11H,3-10H2,1-2H3. The third-order valence-corrected chi connectivity index (χ3v) is 2.62. The highest BCUT2D eigenvalue weighted by atomic mass is 16.5. The monoisotopic (exact) mass is 201 g/mol. The van der Waals surface area contributed by atoms with Gasteiger partial charge in [0.2, 0.25) is 0 Å². The van der Waals surface area contributed by atoms with Gasteiger partial charge < -0.3 is 10.1 Å². The van der Waals surface area contributed by atoms with E-state index < -0.39 is 0 Å². The molecule has 0 amide bonds. The Morgan fingerprint density at radius 2 is 1.79 bits per heavy atom. The lowest BCUT2D eigenvalue weighted by Gasteiger charge is -2.34. The zero-order chi connectivity index (χ0) is 10.2. The maximum Gasteiger partial charge on any atom is 0.0990 e. The second-order valence-corrected chi connectivity index (χ2v) is 3.69. The smallest absolute Gasteiger partial charge is 0.0990 e. The van der Waals surface area contributed by atoms with Crippen molar-refractivity contribution in [2.24, 2.45) is 0 Å². The minimum atomic E-state index is 0.802. The second kappa shape index (κ2) is 7.17. The first-order chi connectivity index (χ1) is 6.86. The number of likely N-dealkylation sites (N-methyl/N-ethyl adjacent to an activating group) is 1. The molecule has 1 rings (SSSR count). The van der Waals surface area contributed by atoms with Crippen LogP contribution in [0.2, 0.25) is 0 Å². The average Bonchev–Trinajstić information content (AvgIpc) is 2.25. The van der Waals surface area contributed by atoms with Crippen LogP contribution < -0.4 is 5.32 Å². The van der Waals surface area contributed by atoms with Gasteiger partial charge in [-0.05, 0) is 14.0 Å². The van der Waals surface area contributed by atoms with Gasteiger partial charge in [0.05, 0.1) is 6.73 Å². The van der Waals surface area contributed by atoms with Crippen molar-refractivity contribution in [2.75, 3.05) is 59.7 Å². The number of nitrogens with one attached hydrogen (secondary N) is 1. The number of nitrogens with zero attached hydrogens (tertiary/aromatic N) is 2. The van der Waals surface area contributed by atoms with E-state index in [1.807, 2.05) is 14.0 Å². The Kier molecular flexibility index (Phi) is 6.10. The summed E-state index contributed by atoms with van der Waals surface area (Å²) >= 11 is 0. The molecule has 0 aromatic carbocycles. The van der Waals surface area contributed by atoms with Gasteiger partial charge in [-0.15, -0.1) is 0 Å². The molecule has 1 fully saturated rings. The van der Waals surface area contributed by atoms with Crippen LogP contribution in [0.1, 0.15) is 6.92 Å². The predicted octanol–water partition coefficient (Wildman–Crippen LogP) is -0.183. The van der Waals surface area contributed by atoms with Crippen LogP contribution in [0.4, 0.5) is 0 Å². The van der Waals surface area contributed by atoms with Gasteiger partial charge >= 0.3 is 0 Å². The van der Waals surface area contributed by atoms with E-state index in [2.05, 4.69) is 15.1 Å². The predicted molar refractivity (Wildman–Crippen MR) is 58.4 cm³/mol. The van der Waals surface area contributed by atoms with Gasteiger partial charge in [-0.2, -0.15) is 0 Å². The number of rotatable bonds is 6. The summed E-state index contributed by atoms with van der Waals surface area (Å²) in [5, 5.41) is 3.18. The van der Waals surface area contributed by atoms with E-state index in [0.717, 1.165) is 33.0 Å². The molecule has 14 heavy (non-hydrogen) atoms. The van der Waals surface area contributed by atoms with Crippen LogP contribution >= 0.6 is 0 Å². The number of piperazine rings is 1. The molecule has 0 atom stereocenters. The Labute approximate surface area is 87.2 Å². The van der Waals surface area contributed by atoms with Gasteiger partial charge in [0, 0.05) is 45.9 Å². The molecule has 0 radical (unpaired) electrons. The van der Waals surface area contributed by atoms with E-state index in [1.54, 1.807) is 0 Å². The highest BCUT2D eigenvalue weighted by Gasteiger charge is 2.15. The molecule has 1 aliphatic heterocycles. The molecule has 1 heterocycles. The van der Waals surface area contributed by atoms with E-state index in [-0.39, 0.29) is 0 Å². The van der Waals surface area contributed by atoms with Gasteiger partial charge in [-0.25, -0.2) is 0 Å². The van der Waals surface area contributed by atoms with E-state index in [0.29, 0.717) is 0 Å². The van der Waals surface area contributed by atoms with Crippen LogP contribution in [0.25, 0.3) is 0 Å². The SMILES string of the molecule is CCOCN1CCN(CCNC)CC1. The van der Waals surface area contributed by atoms with Crippen LogP contribution in [0.5, 0.6) is 0 Å². The van der Waals surface area contributed by atoms with E-state index in [4.69, 9.17) is 4.74 Å². The Bertz CT molecular complexity index is 119. The molecular formula is C10H23N3O. The summed E-state index contributed by atoms with van der Waals surface area (Å²) in [6.45, 7) is 10.6. The van der Waals surface area contributed by atoms with Crippen molar-refractivity contribution < 1.29 is 4.74 Å². The highest BCUT2D eigenvalue weighted by molar-refractivity contribution is 4.70. The summed E-state index contributed by atoms with van der Waals surface area (Å²) < 4.78 is 5.38. The minimum Gasteiger partial charge on any atom is -0.366 e. The molecule has 84 valence electrons. The largest absolute Gasteiger partial charge is 0.366 e. The molecule has 4 heteroatoms. The van der Waals surface area contributed by atoms with Crippen LogP contribution in [0.15, 0.2) is 0 Å². The van der Waals surface area contributed by atoms with Gasteiger partial charge in [0.15, 0.2) is 0 Å². The average molecular weight is 201 g/mol. The molecule has 1 aliphatic rings. The maximum absolute atomic E-state index is 5.38. The van der Waals surface area contributed by atoms with E-state index in [9.17, 15) is 0 Å². The molecule has 0 saturated carbocycles. The van der Waals surface area contributed by atoms with Crippen LogP contribution in [-0.4, -0.2) is 69.5 Å². The third-order valence-electron chi connectivity index (χ3n) is 2.62. The zero-order valence-electron chi connectivity index (χ0n) is 9.46. The van der Waals surface area contributed by atoms with E-state index in [1.165, 1.54) is 19.6 Å². The molecule has 0 aliphatic carbocycles. The lowest BCUT2D eigenvalue weighted by molar-refractivity contribution is 0.00768. The molecular weight excluding hydrogens is 178 g/mol. The molecule has 0 unspecified atom stereocenters.